The standard InChI is InChI=1S/C16H19N3O2/c1-4-17-14-9-11(2)18-10-12(14)16(20)19-13-7-5-6-8-15(13)21-3/h5-10H,4H2,1-3H3,(H,17,18)(H,19,20). The molecule has 0 atom stereocenters. The second-order valence-electron chi connectivity index (χ2n) is 4.56. The quantitative estimate of drug-likeness (QED) is 0.886. The normalized spacial score (nSPS) is 10.0. The van der Waals surface area contributed by atoms with E-state index in [1.165, 1.54) is 0 Å². The third-order valence-corrected chi connectivity index (χ3v) is 3.01. The van der Waals surface area contributed by atoms with Crippen molar-refractivity contribution in [2.75, 3.05) is 24.3 Å². The Hall–Kier alpha value is -2.56. The van der Waals surface area contributed by atoms with E-state index < -0.39 is 0 Å². The number of amides is 1. The zero-order chi connectivity index (χ0) is 15.2. The summed E-state index contributed by atoms with van der Waals surface area (Å²) in [5, 5.41) is 6.03. The molecule has 21 heavy (non-hydrogen) atoms. The monoisotopic (exact) mass is 285 g/mol. The van der Waals surface area contributed by atoms with E-state index in [2.05, 4.69) is 15.6 Å². The van der Waals surface area contributed by atoms with Gasteiger partial charge in [0.1, 0.15) is 5.75 Å². The fourth-order valence-electron chi connectivity index (χ4n) is 2.02. The highest BCUT2D eigenvalue weighted by Crippen LogP contribution is 2.25. The first-order valence-corrected chi connectivity index (χ1v) is 6.80. The van der Waals surface area contributed by atoms with Gasteiger partial charge >= 0.3 is 0 Å². The van der Waals surface area contributed by atoms with Crippen molar-refractivity contribution in [2.45, 2.75) is 13.8 Å². The molecule has 0 saturated carbocycles. The minimum atomic E-state index is -0.219. The number of hydrogen-bond donors (Lipinski definition) is 2. The number of pyridine rings is 1. The van der Waals surface area contributed by atoms with Gasteiger partial charge in [-0.25, -0.2) is 0 Å². The first kappa shape index (κ1) is 14.8. The van der Waals surface area contributed by atoms with Crippen LogP contribution in [-0.4, -0.2) is 24.5 Å². The SMILES string of the molecule is CCNc1cc(C)ncc1C(=O)Nc1ccccc1OC. The number of para-hydroxylation sites is 2. The number of nitrogens with one attached hydrogen (secondary N) is 2. The van der Waals surface area contributed by atoms with E-state index in [0.29, 0.717) is 17.0 Å². The molecule has 0 fully saturated rings. The molecule has 0 saturated heterocycles. The van der Waals surface area contributed by atoms with E-state index in [-0.39, 0.29) is 5.91 Å². The number of aryl methyl sites for hydroxylation is 1. The van der Waals surface area contributed by atoms with Gasteiger partial charge in [0.2, 0.25) is 0 Å². The van der Waals surface area contributed by atoms with Crippen molar-refractivity contribution in [3.8, 4) is 5.75 Å². The summed E-state index contributed by atoms with van der Waals surface area (Å²) in [6.07, 6.45) is 1.58. The number of ether oxygens (including phenoxy) is 1. The van der Waals surface area contributed by atoms with Crippen LogP contribution in [0.3, 0.4) is 0 Å². The number of hydrogen-bond acceptors (Lipinski definition) is 4. The smallest absolute Gasteiger partial charge is 0.259 e. The molecule has 0 spiro atoms. The predicted molar refractivity (Wildman–Crippen MR) is 84.1 cm³/mol. The van der Waals surface area contributed by atoms with Crippen LogP contribution >= 0.6 is 0 Å². The summed E-state index contributed by atoms with van der Waals surface area (Å²) in [6, 6.07) is 9.16. The van der Waals surface area contributed by atoms with Crippen molar-refractivity contribution in [3.63, 3.8) is 0 Å². The lowest BCUT2D eigenvalue weighted by Crippen LogP contribution is -2.16. The summed E-state index contributed by atoms with van der Waals surface area (Å²) in [6.45, 7) is 4.61. The van der Waals surface area contributed by atoms with E-state index in [4.69, 9.17) is 4.74 Å². The van der Waals surface area contributed by atoms with Gasteiger partial charge in [-0.15, -0.1) is 0 Å². The summed E-state index contributed by atoms with van der Waals surface area (Å²) in [5.74, 6) is 0.402. The molecule has 1 aromatic heterocycles. The second-order valence-corrected chi connectivity index (χ2v) is 4.56. The van der Waals surface area contributed by atoms with Crippen molar-refractivity contribution in [1.29, 1.82) is 0 Å². The summed E-state index contributed by atoms with van der Waals surface area (Å²) in [7, 11) is 1.57. The third kappa shape index (κ3) is 3.51. The van der Waals surface area contributed by atoms with E-state index >= 15 is 0 Å². The minimum absolute atomic E-state index is 0.219. The van der Waals surface area contributed by atoms with Gasteiger partial charge in [-0.05, 0) is 32.0 Å². The third-order valence-electron chi connectivity index (χ3n) is 3.01. The molecular formula is C16H19N3O2. The summed E-state index contributed by atoms with van der Waals surface area (Å²) in [5.41, 5.74) is 2.78. The van der Waals surface area contributed by atoms with Crippen molar-refractivity contribution in [1.82, 2.24) is 4.98 Å². The highest BCUT2D eigenvalue weighted by Gasteiger charge is 2.14. The number of methoxy groups -OCH3 is 1. The summed E-state index contributed by atoms with van der Waals surface area (Å²) in [4.78, 5) is 16.6. The number of carbonyl (C=O) groups is 1. The van der Waals surface area contributed by atoms with E-state index in [9.17, 15) is 4.79 Å². The lowest BCUT2D eigenvalue weighted by Gasteiger charge is -2.13. The maximum atomic E-state index is 12.4. The molecule has 1 heterocycles. The van der Waals surface area contributed by atoms with E-state index in [1.54, 1.807) is 25.4 Å². The molecule has 110 valence electrons. The molecular weight excluding hydrogens is 266 g/mol. The first-order valence-electron chi connectivity index (χ1n) is 6.80. The Bertz CT molecular complexity index is 641. The highest BCUT2D eigenvalue weighted by atomic mass is 16.5. The van der Waals surface area contributed by atoms with Crippen LogP contribution in [0.4, 0.5) is 11.4 Å². The van der Waals surface area contributed by atoms with Crippen molar-refractivity contribution < 1.29 is 9.53 Å². The van der Waals surface area contributed by atoms with Gasteiger partial charge in [-0.2, -0.15) is 0 Å². The lowest BCUT2D eigenvalue weighted by molar-refractivity contribution is 0.102. The molecule has 0 bridgehead atoms. The molecule has 1 aromatic carbocycles. The lowest BCUT2D eigenvalue weighted by atomic mass is 10.2. The molecule has 1 amide bonds. The molecule has 2 N–H and O–H groups in total. The van der Waals surface area contributed by atoms with Gasteiger partial charge in [0.05, 0.1) is 24.0 Å². The second kappa shape index (κ2) is 6.74. The molecule has 0 aliphatic rings. The topological polar surface area (TPSA) is 63.2 Å². The predicted octanol–water partition coefficient (Wildman–Crippen LogP) is 3.08. The highest BCUT2D eigenvalue weighted by molar-refractivity contribution is 6.08. The van der Waals surface area contributed by atoms with Crippen LogP contribution in [0.1, 0.15) is 23.0 Å². The number of aromatic nitrogens is 1. The van der Waals surface area contributed by atoms with Gasteiger partial charge in [-0.3, -0.25) is 9.78 Å². The molecule has 0 aliphatic carbocycles. The number of nitrogens with zero attached hydrogens (tertiary/aromatic N) is 1. The fourth-order valence-corrected chi connectivity index (χ4v) is 2.02. The number of anilines is 2. The van der Waals surface area contributed by atoms with Gasteiger partial charge < -0.3 is 15.4 Å². The summed E-state index contributed by atoms with van der Waals surface area (Å²) < 4.78 is 5.23. The fraction of sp³-hybridized carbons (Fsp3) is 0.250. The van der Waals surface area contributed by atoms with Crippen molar-refractivity contribution >= 4 is 17.3 Å². The molecule has 2 rings (SSSR count). The average Bonchev–Trinajstić information content (AvgIpc) is 2.48. The molecule has 0 unspecified atom stereocenters. The van der Waals surface area contributed by atoms with Crippen LogP contribution in [0, 0.1) is 6.92 Å². The molecule has 2 aromatic rings. The number of rotatable bonds is 5. The van der Waals surface area contributed by atoms with Crippen LogP contribution in [-0.2, 0) is 0 Å². The zero-order valence-corrected chi connectivity index (χ0v) is 12.4. The Morgan fingerprint density at radius 3 is 2.76 bits per heavy atom. The van der Waals surface area contributed by atoms with E-state index in [0.717, 1.165) is 17.9 Å². The Morgan fingerprint density at radius 2 is 2.05 bits per heavy atom. The molecule has 5 heteroatoms. The van der Waals surface area contributed by atoms with Crippen LogP contribution in [0.15, 0.2) is 36.5 Å². The Balaban J connectivity index is 2.28. The van der Waals surface area contributed by atoms with Crippen molar-refractivity contribution in [3.05, 3.63) is 47.8 Å². The molecule has 5 nitrogen and oxygen atoms in total. The maximum Gasteiger partial charge on any atom is 0.259 e. The van der Waals surface area contributed by atoms with Crippen LogP contribution in [0.5, 0.6) is 5.75 Å². The Labute approximate surface area is 124 Å². The first-order chi connectivity index (χ1) is 10.2. The van der Waals surface area contributed by atoms with Gasteiger partial charge in [0.15, 0.2) is 0 Å². The number of benzene rings is 1. The Morgan fingerprint density at radius 1 is 1.29 bits per heavy atom. The van der Waals surface area contributed by atoms with Gasteiger partial charge in [0.25, 0.3) is 5.91 Å². The molecule has 0 radical (unpaired) electrons. The maximum absolute atomic E-state index is 12.4. The van der Waals surface area contributed by atoms with Gasteiger partial charge in [-0.1, -0.05) is 12.1 Å². The molecule has 0 aliphatic heterocycles. The van der Waals surface area contributed by atoms with Crippen LogP contribution in [0.2, 0.25) is 0 Å². The summed E-state index contributed by atoms with van der Waals surface area (Å²) >= 11 is 0. The van der Waals surface area contributed by atoms with Gasteiger partial charge in [0, 0.05) is 18.4 Å². The van der Waals surface area contributed by atoms with Crippen LogP contribution in [0.25, 0.3) is 0 Å². The Kier molecular flexibility index (Phi) is 4.77. The van der Waals surface area contributed by atoms with Crippen molar-refractivity contribution in [2.24, 2.45) is 0 Å². The minimum Gasteiger partial charge on any atom is -0.495 e. The largest absolute Gasteiger partial charge is 0.495 e. The van der Waals surface area contributed by atoms with E-state index in [1.807, 2.05) is 32.0 Å². The van der Waals surface area contributed by atoms with Crippen LogP contribution < -0.4 is 15.4 Å². The zero-order valence-electron chi connectivity index (χ0n) is 12.4. The number of carbonyl (C=O) groups excluding carboxylic acids is 1. The average molecular weight is 285 g/mol.